The number of hydrogen-bond acceptors (Lipinski definition) is 3. The van der Waals surface area contributed by atoms with Gasteiger partial charge in [0.15, 0.2) is 6.61 Å². The molecule has 2 N–H and O–H groups in total. The molecule has 90 valence electrons. The summed E-state index contributed by atoms with van der Waals surface area (Å²) in [6, 6.07) is 6.88. The lowest BCUT2D eigenvalue weighted by Gasteiger charge is -2.07. The van der Waals surface area contributed by atoms with E-state index in [-0.39, 0.29) is 12.5 Å². The molecule has 0 heterocycles. The van der Waals surface area contributed by atoms with Gasteiger partial charge in [-0.2, -0.15) is 0 Å². The lowest BCUT2D eigenvalue weighted by atomic mass is 10.2. The average molecular weight is 235 g/mol. The van der Waals surface area contributed by atoms with Crippen LogP contribution in [0.2, 0.25) is 0 Å². The first-order valence-electron chi connectivity index (χ1n) is 4.97. The van der Waals surface area contributed by atoms with Crippen LogP contribution in [0.1, 0.15) is 5.56 Å². The van der Waals surface area contributed by atoms with Crippen LogP contribution in [0.15, 0.2) is 30.3 Å². The molecule has 0 saturated carbocycles. The Hall–Kier alpha value is -2.30. The van der Waals surface area contributed by atoms with Crippen molar-refractivity contribution >= 4 is 18.0 Å². The molecule has 5 heteroatoms. The monoisotopic (exact) mass is 235 g/mol. The lowest BCUT2D eigenvalue weighted by molar-refractivity contribution is -0.131. The Morgan fingerprint density at radius 3 is 2.76 bits per heavy atom. The molecule has 0 aliphatic rings. The number of carbonyl (C=O) groups excluding carboxylic acids is 1. The van der Waals surface area contributed by atoms with E-state index in [1.54, 1.807) is 24.3 Å². The molecule has 1 aromatic carbocycles. The van der Waals surface area contributed by atoms with Crippen molar-refractivity contribution in [2.45, 2.75) is 0 Å². The zero-order chi connectivity index (χ0) is 12.7. The van der Waals surface area contributed by atoms with Crippen molar-refractivity contribution < 1.29 is 19.4 Å². The minimum Gasteiger partial charge on any atom is -0.483 e. The Morgan fingerprint density at radius 1 is 1.41 bits per heavy atom. The van der Waals surface area contributed by atoms with Crippen LogP contribution < -0.4 is 10.1 Å². The standard InChI is InChI=1S/C12H13NO4/c1-13-11(14)8-17-10-5-3-2-4-9(10)6-7-12(15)16/h2-7H,8H2,1H3,(H,13,14)(H,15,16)/b7-6+. The minimum atomic E-state index is -1.04. The van der Waals surface area contributed by atoms with Gasteiger partial charge in [0.05, 0.1) is 0 Å². The van der Waals surface area contributed by atoms with Crippen LogP contribution in [-0.4, -0.2) is 30.6 Å². The fourth-order valence-corrected chi connectivity index (χ4v) is 1.13. The third-order valence-electron chi connectivity index (χ3n) is 1.96. The lowest BCUT2D eigenvalue weighted by Crippen LogP contribution is -2.24. The molecule has 0 spiro atoms. The number of carboxylic acid groups (broad SMARTS) is 1. The normalized spacial score (nSPS) is 10.2. The summed E-state index contributed by atoms with van der Waals surface area (Å²) in [7, 11) is 1.52. The number of hydrogen-bond donors (Lipinski definition) is 2. The van der Waals surface area contributed by atoms with Gasteiger partial charge in [0.25, 0.3) is 5.91 Å². The SMILES string of the molecule is CNC(=O)COc1ccccc1/C=C/C(=O)O. The van der Waals surface area contributed by atoms with Crippen molar-refractivity contribution in [3.8, 4) is 5.75 Å². The first kappa shape index (κ1) is 12.8. The van der Waals surface area contributed by atoms with Gasteiger partial charge in [0.1, 0.15) is 5.75 Å². The largest absolute Gasteiger partial charge is 0.483 e. The first-order chi connectivity index (χ1) is 8.13. The molecule has 0 radical (unpaired) electrons. The highest BCUT2D eigenvalue weighted by Crippen LogP contribution is 2.19. The third-order valence-corrected chi connectivity index (χ3v) is 1.96. The van der Waals surface area contributed by atoms with Crippen LogP contribution in [0, 0.1) is 0 Å². The van der Waals surface area contributed by atoms with E-state index in [1.165, 1.54) is 13.1 Å². The second-order valence-corrected chi connectivity index (χ2v) is 3.17. The van der Waals surface area contributed by atoms with Gasteiger partial charge in [-0.1, -0.05) is 18.2 Å². The topological polar surface area (TPSA) is 75.6 Å². The molecule has 0 bridgehead atoms. The maximum Gasteiger partial charge on any atom is 0.328 e. The zero-order valence-electron chi connectivity index (χ0n) is 9.34. The van der Waals surface area contributed by atoms with Crippen molar-refractivity contribution in [1.29, 1.82) is 0 Å². The Bertz CT molecular complexity index is 440. The Labute approximate surface area is 98.7 Å². The van der Waals surface area contributed by atoms with E-state index in [4.69, 9.17) is 9.84 Å². The molecular weight excluding hydrogens is 222 g/mol. The number of rotatable bonds is 5. The molecule has 1 amide bonds. The van der Waals surface area contributed by atoms with Gasteiger partial charge in [-0.15, -0.1) is 0 Å². The Balaban J connectivity index is 2.77. The van der Waals surface area contributed by atoms with Gasteiger partial charge in [-0.3, -0.25) is 4.79 Å². The molecule has 0 aliphatic heterocycles. The Morgan fingerprint density at radius 2 is 2.12 bits per heavy atom. The van der Waals surface area contributed by atoms with Crippen molar-refractivity contribution in [1.82, 2.24) is 5.32 Å². The van der Waals surface area contributed by atoms with Gasteiger partial charge in [-0.25, -0.2) is 4.79 Å². The summed E-state index contributed by atoms with van der Waals surface area (Å²) in [5, 5.41) is 11.0. The van der Waals surface area contributed by atoms with Gasteiger partial charge in [0.2, 0.25) is 0 Å². The maximum atomic E-state index is 11.0. The predicted molar refractivity (Wildman–Crippen MR) is 62.7 cm³/mol. The summed E-state index contributed by atoms with van der Waals surface area (Å²) in [5.41, 5.74) is 0.610. The highest BCUT2D eigenvalue weighted by Gasteiger charge is 2.03. The predicted octanol–water partition coefficient (Wildman–Crippen LogP) is 0.909. The van der Waals surface area contributed by atoms with E-state index in [2.05, 4.69) is 5.32 Å². The van der Waals surface area contributed by atoms with E-state index in [0.29, 0.717) is 11.3 Å². The zero-order valence-corrected chi connectivity index (χ0v) is 9.34. The van der Waals surface area contributed by atoms with Crippen LogP contribution in [0.5, 0.6) is 5.75 Å². The van der Waals surface area contributed by atoms with E-state index in [0.717, 1.165) is 6.08 Å². The summed E-state index contributed by atoms with van der Waals surface area (Å²) >= 11 is 0. The van der Waals surface area contributed by atoms with Crippen molar-refractivity contribution in [3.63, 3.8) is 0 Å². The second kappa shape index (κ2) is 6.32. The van der Waals surface area contributed by atoms with Crippen LogP contribution >= 0.6 is 0 Å². The van der Waals surface area contributed by atoms with Gasteiger partial charge in [-0.05, 0) is 12.1 Å². The number of amides is 1. The average Bonchev–Trinajstić information content (AvgIpc) is 2.34. The molecule has 0 saturated heterocycles. The molecule has 0 fully saturated rings. The summed E-state index contributed by atoms with van der Waals surface area (Å²) in [6.07, 6.45) is 2.43. The van der Waals surface area contributed by atoms with E-state index < -0.39 is 5.97 Å². The Kier molecular flexibility index (Phi) is 4.75. The van der Waals surface area contributed by atoms with E-state index >= 15 is 0 Å². The number of nitrogens with one attached hydrogen (secondary N) is 1. The van der Waals surface area contributed by atoms with Crippen LogP contribution in [-0.2, 0) is 9.59 Å². The van der Waals surface area contributed by atoms with Gasteiger partial charge < -0.3 is 15.2 Å². The van der Waals surface area contributed by atoms with Gasteiger partial charge in [0, 0.05) is 18.7 Å². The highest BCUT2D eigenvalue weighted by molar-refractivity contribution is 5.86. The van der Waals surface area contributed by atoms with Crippen LogP contribution in [0.4, 0.5) is 0 Å². The number of para-hydroxylation sites is 1. The molecule has 0 unspecified atom stereocenters. The van der Waals surface area contributed by atoms with Crippen molar-refractivity contribution in [2.24, 2.45) is 0 Å². The van der Waals surface area contributed by atoms with Crippen LogP contribution in [0.3, 0.4) is 0 Å². The number of likely N-dealkylation sites (N-methyl/N-ethyl adjacent to an activating group) is 1. The third kappa shape index (κ3) is 4.38. The molecule has 0 atom stereocenters. The molecule has 0 aliphatic carbocycles. The van der Waals surface area contributed by atoms with Crippen molar-refractivity contribution in [3.05, 3.63) is 35.9 Å². The number of carboxylic acids is 1. The number of carbonyl (C=O) groups is 2. The first-order valence-corrected chi connectivity index (χ1v) is 4.97. The molecule has 1 aromatic rings. The number of benzene rings is 1. The number of aliphatic carboxylic acids is 1. The van der Waals surface area contributed by atoms with Crippen molar-refractivity contribution in [2.75, 3.05) is 13.7 Å². The van der Waals surface area contributed by atoms with Crippen LogP contribution in [0.25, 0.3) is 6.08 Å². The molecule has 17 heavy (non-hydrogen) atoms. The van der Waals surface area contributed by atoms with E-state index in [1.807, 2.05) is 0 Å². The molecule has 5 nitrogen and oxygen atoms in total. The minimum absolute atomic E-state index is 0.103. The fourth-order valence-electron chi connectivity index (χ4n) is 1.13. The molecule has 1 rings (SSSR count). The summed E-state index contributed by atoms with van der Waals surface area (Å²) in [4.78, 5) is 21.4. The highest BCUT2D eigenvalue weighted by atomic mass is 16.5. The fraction of sp³-hybridized carbons (Fsp3) is 0.167. The van der Waals surface area contributed by atoms with E-state index in [9.17, 15) is 9.59 Å². The maximum absolute atomic E-state index is 11.0. The summed E-state index contributed by atoms with van der Waals surface area (Å²) < 4.78 is 5.27. The quantitative estimate of drug-likeness (QED) is 0.744. The smallest absolute Gasteiger partial charge is 0.328 e. The molecule has 0 aromatic heterocycles. The number of ether oxygens (including phenoxy) is 1. The second-order valence-electron chi connectivity index (χ2n) is 3.17. The summed E-state index contributed by atoms with van der Waals surface area (Å²) in [6.45, 7) is -0.103. The molecular formula is C12H13NO4. The van der Waals surface area contributed by atoms with Gasteiger partial charge >= 0.3 is 5.97 Å². The summed E-state index contributed by atoms with van der Waals surface area (Å²) in [5.74, 6) is -0.818.